The highest BCUT2D eigenvalue weighted by Crippen LogP contribution is 2.15. The van der Waals surface area contributed by atoms with Gasteiger partial charge in [0.05, 0.1) is 12.8 Å². The van der Waals surface area contributed by atoms with Crippen LogP contribution in [0.4, 0.5) is 5.69 Å². The van der Waals surface area contributed by atoms with Gasteiger partial charge < -0.3 is 20.0 Å². The lowest BCUT2D eigenvalue weighted by Gasteiger charge is -2.26. The lowest BCUT2D eigenvalue weighted by Crippen LogP contribution is -2.51. The number of furan rings is 1. The van der Waals surface area contributed by atoms with Crippen molar-refractivity contribution in [1.29, 1.82) is 0 Å². The molecular weight excluding hydrogens is 370 g/mol. The van der Waals surface area contributed by atoms with Gasteiger partial charge in [0.2, 0.25) is 11.8 Å². The Hall–Kier alpha value is -2.80. The summed E-state index contributed by atoms with van der Waals surface area (Å²) in [4.78, 5) is 38.3. The number of nitrogens with zero attached hydrogens (tertiary/aromatic N) is 1. The molecular formula is C19H22ClN3O4. The van der Waals surface area contributed by atoms with Gasteiger partial charge >= 0.3 is 0 Å². The van der Waals surface area contributed by atoms with Gasteiger partial charge in [0.15, 0.2) is 5.76 Å². The third-order valence-electron chi connectivity index (χ3n) is 3.83. The number of amides is 3. The van der Waals surface area contributed by atoms with Crippen LogP contribution in [0, 0.1) is 5.92 Å². The topological polar surface area (TPSA) is 91.7 Å². The highest BCUT2D eigenvalue weighted by molar-refractivity contribution is 6.30. The fourth-order valence-corrected chi connectivity index (χ4v) is 2.62. The lowest BCUT2D eigenvalue weighted by molar-refractivity contribution is -0.135. The van der Waals surface area contributed by atoms with Crippen LogP contribution in [-0.2, 0) is 9.59 Å². The molecule has 2 aromatic rings. The summed E-state index contributed by atoms with van der Waals surface area (Å²) in [5.41, 5.74) is 0.542. The molecule has 1 aromatic carbocycles. The van der Waals surface area contributed by atoms with Gasteiger partial charge in [0.25, 0.3) is 5.91 Å². The second-order valence-corrected chi connectivity index (χ2v) is 6.86. The van der Waals surface area contributed by atoms with Crippen LogP contribution in [0.25, 0.3) is 0 Å². The van der Waals surface area contributed by atoms with Crippen molar-refractivity contribution < 1.29 is 18.8 Å². The molecule has 3 amide bonds. The average molecular weight is 392 g/mol. The molecule has 1 atom stereocenters. The van der Waals surface area contributed by atoms with E-state index >= 15 is 0 Å². The molecule has 144 valence electrons. The fraction of sp³-hybridized carbons (Fsp3) is 0.316. The van der Waals surface area contributed by atoms with Gasteiger partial charge in [-0.05, 0) is 36.2 Å². The number of nitrogens with one attached hydrogen (secondary N) is 2. The molecule has 0 spiro atoms. The maximum atomic E-state index is 12.7. The van der Waals surface area contributed by atoms with Crippen LogP contribution in [0.5, 0.6) is 0 Å². The monoisotopic (exact) mass is 391 g/mol. The zero-order valence-electron chi connectivity index (χ0n) is 15.4. The molecule has 0 aliphatic heterocycles. The van der Waals surface area contributed by atoms with Crippen molar-refractivity contribution in [1.82, 2.24) is 10.2 Å². The minimum atomic E-state index is -0.786. The summed E-state index contributed by atoms with van der Waals surface area (Å²) in [5.74, 6) is -1.27. The van der Waals surface area contributed by atoms with E-state index in [1.165, 1.54) is 24.3 Å². The molecule has 2 rings (SSSR count). The van der Waals surface area contributed by atoms with Crippen LogP contribution in [-0.4, -0.2) is 42.3 Å². The average Bonchev–Trinajstić information content (AvgIpc) is 3.13. The Balaban J connectivity index is 1.97. The van der Waals surface area contributed by atoms with E-state index in [0.717, 1.165) is 0 Å². The second-order valence-electron chi connectivity index (χ2n) is 6.43. The molecule has 1 heterocycles. The van der Waals surface area contributed by atoms with Crippen molar-refractivity contribution in [2.45, 2.75) is 19.9 Å². The molecule has 1 aromatic heterocycles. The number of hydrogen-bond acceptors (Lipinski definition) is 4. The first-order valence-corrected chi connectivity index (χ1v) is 8.80. The number of hydrogen-bond donors (Lipinski definition) is 2. The van der Waals surface area contributed by atoms with Gasteiger partial charge in [-0.25, -0.2) is 0 Å². The molecule has 0 aliphatic carbocycles. The van der Waals surface area contributed by atoms with Crippen LogP contribution in [0.15, 0.2) is 47.1 Å². The fourth-order valence-electron chi connectivity index (χ4n) is 2.43. The smallest absolute Gasteiger partial charge is 0.287 e. The number of halogens is 1. The maximum Gasteiger partial charge on any atom is 0.287 e. The number of anilines is 1. The van der Waals surface area contributed by atoms with Crippen molar-refractivity contribution in [2.75, 3.05) is 18.9 Å². The molecule has 7 nitrogen and oxygen atoms in total. The predicted molar refractivity (Wildman–Crippen MR) is 103 cm³/mol. The van der Waals surface area contributed by atoms with Gasteiger partial charge in [-0.3, -0.25) is 14.4 Å². The molecule has 0 saturated heterocycles. The van der Waals surface area contributed by atoms with Crippen molar-refractivity contribution >= 4 is 35.0 Å². The van der Waals surface area contributed by atoms with Crippen LogP contribution in [0.2, 0.25) is 5.02 Å². The lowest BCUT2D eigenvalue weighted by atomic mass is 10.0. The van der Waals surface area contributed by atoms with Gasteiger partial charge in [-0.1, -0.05) is 31.5 Å². The minimum Gasteiger partial charge on any atom is -0.459 e. The third-order valence-corrected chi connectivity index (χ3v) is 4.06. The summed E-state index contributed by atoms with van der Waals surface area (Å²) in [7, 11) is 1.51. The number of benzene rings is 1. The number of carbonyl (C=O) groups excluding carboxylic acids is 3. The van der Waals surface area contributed by atoms with E-state index < -0.39 is 11.9 Å². The molecule has 0 aliphatic rings. The van der Waals surface area contributed by atoms with Gasteiger partial charge in [-0.15, -0.1) is 0 Å². The maximum absolute atomic E-state index is 12.7. The third kappa shape index (κ3) is 5.86. The number of rotatable bonds is 7. The molecule has 0 fully saturated rings. The predicted octanol–water partition coefficient (Wildman–Crippen LogP) is 2.78. The quantitative estimate of drug-likeness (QED) is 0.759. The first-order chi connectivity index (χ1) is 12.8. The Morgan fingerprint density at radius 2 is 1.93 bits per heavy atom. The molecule has 27 heavy (non-hydrogen) atoms. The standard InChI is InChI=1S/C19H22ClN3O4/c1-12(2)17(22-18(25)15-8-5-9-27-15)19(26)23(3)11-16(24)21-14-7-4-6-13(20)10-14/h4-10,12,17H,11H2,1-3H3,(H,21,24)(H,22,25). The van der Waals surface area contributed by atoms with Crippen LogP contribution < -0.4 is 10.6 Å². The summed E-state index contributed by atoms with van der Waals surface area (Å²) in [5, 5.41) is 5.84. The van der Waals surface area contributed by atoms with E-state index in [1.54, 1.807) is 30.3 Å². The Morgan fingerprint density at radius 1 is 1.19 bits per heavy atom. The van der Waals surface area contributed by atoms with Crippen molar-refractivity contribution in [2.24, 2.45) is 5.92 Å². The summed E-state index contributed by atoms with van der Waals surface area (Å²) >= 11 is 5.89. The summed E-state index contributed by atoms with van der Waals surface area (Å²) in [6.07, 6.45) is 1.38. The molecule has 2 N–H and O–H groups in total. The van der Waals surface area contributed by atoms with Crippen molar-refractivity contribution in [3.8, 4) is 0 Å². The van der Waals surface area contributed by atoms with Gasteiger partial charge in [0.1, 0.15) is 6.04 Å². The van der Waals surface area contributed by atoms with Crippen molar-refractivity contribution in [3.63, 3.8) is 0 Å². The van der Waals surface area contributed by atoms with E-state index in [2.05, 4.69) is 10.6 Å². The Labute approximate surface area is 162 Å². The second kappa shape index (κ2) is 9.23. The summed E-state index contributed by atoms with van der Waals surface area (Å²) in [6.45, 7) is 3.46. The van der Waals surface area contributed by atoms with E-state index in [1.807, 2.05) is 13.8 Å². The molecule has 0 bridgehead atoms. The molecule has 8 heteroatoms. The van der Waals surface area contributed by atoms with Crippen LogP contribution in [0.3, 0.4) is 0 Å². The Kier molecular flexibility index (Phi) is 7.01. The molecule has 0 radical (unpaired) electrons. The number of carbonyl (C=O) groups is 3. The molecule has 0 saturated carbocycles. The largest absolute Gasteiger partial charge is 0.459 e. The summed E-state index contributed by atoms with van der Waals surface area (Å²) < 4.78 is 5.04. The number of likely N-dealkylation sites (N-methyl/N-ethyl adjacent to an activating group) is 1. The summed E-state index contributed by atoms with van der Waals surface area (Å²) in [6, 6.07) is 9.04. The first kappa shape index (κ1) is 20.5. The van der Waals surface area contributed by atoms with E-state index in [-0.39, 0.29) is 30.0 Å². The highest BCUT2D eigenvalue weighted by Gasteiger charge is 2.28. The van der Waals surface area contributed by atoms with Crippen LogP contribution >= 0.6 is 11.6 Å². The van der Waals surface area contributed by atoms with Gasteiger partial charge in [0, 0.05) is 17.8 Å². The molecule has 1 unspecified atom stereocenters. The first-order valence-electron chi connectivity index (χ1n) is 8.42. The van der Waals surface area contributed by atoms with E-state index in [9.17, 15) is 14.4 Å². The van der Waals surface area contributed by atoms with Gasteiger partial charge in [-0.2, -0.15) is 0 Å². The zero-order chi connectivity index (χ0) is 20.0. The van der Waals surface area contributed by atoms with Crippen LogP contribution in [0.1, 0.15) is 24.4 Å². The SMILES string of the molecule is CC(C)C(NC(=O)c1ccco1)C(=O)N(C)CC(=O)Nc1cccc(Cl)c1. The minimum absolute atomic E-state index is 0.120. The van der Waals surface area contributed by atoms with E-state index in [0.29, 0.717) is 10.7 Å². The van der Waals surface area contributed by atoms with E-state index in [4.69, 9.17) is 16.0 Å². The Morgan fingerprint density at radius 3 is 2.52 bits per heavy atom. The highest BCUT2D eigenvalue weighted by atomic mass is 35.5. The van der Waals surface area contributed by atoms with Crippen molar-refractivity contribution in [3.05, 3.63) is 53.4 Å². The normalized spacial score (nSPS) is 11.7. The zero-order valence-corrected chi connectivity index (χ0v) is 16.1. The Bertz CT molecular complexity index is 805.